The summed E-state index contributed by atoms with van der Waals surface area (Å²) in [5.41, 5.74) is -0.211. The van der Waals surface area contributed by atoms with Crippen LogP contribution in [-0.4, -0.2) is 50.1 Å². The minimum absolute atomic E-state index is 0.169. The molecule has 8 nitrogen and oxygen atoms in total. The van der Waals surface area contributed by atoms with Crippen molar-refractivity contribution in [1.82, 2.24) is 10.6 Å². The minimum Gasteiger partial charge on any atom is -0.467 e. The lowest BCUT2D eigenvalue weighted by atomic mass is 9.99. The molecule has 0 aliphatic carbocycles. The van der Waals surface area contributed by atoms with E-state index in [4.69, 9.17) is 4.74 Å². The van der Waals surface area contributed by atoms with E-state index < -0.39 is 48.8 Å². The lowest BCUT2D eigenvalue weighted by molar-refractivity contribution is -0.150. The van der Waals surface area contributed by atoms with E-state index in [1.54, 1.807) is 6.92 Å². The molecular formula is C18H23FN2O6. The fraction of sp³-hybridized carbons (Fsp3) is 0.444. The van der Waals surface area contributed by atoms with E-state index in [1.807, 2.05) is 6.92 Å². The molecule has 2 amide bonds. The molecule has 2 atom stereocenters. The number of benzene rings is 1. The molecule has 148 valence electrons. The molecule has 2 N–H and O–H groups in total. The maximum Gasteiger partial charge on any atom is 0.328 e. The Balaban J connectivity index is 2.44. The number of amides is 2. The molecule has 0 aliphatic rings. The smallest absolute Gasteiger partial charge is 0.328 e. The predicted molar refractivity (Wildman–Crippen MR) is 93.1 cm³/mol. The van der Waals surface area contributed by atoms with Crippen LogP contribution in [0, 0.1) is 11.7 Å². The number of halogens is 1. The van der Waals surface area contributed by atoms with Crippen LogP contribution < -0.4 is 10.6 Å². The van der Waals surface area contributed by atoms with Gasteiger partial charge in [-0.05, 0) is 18.1 Å². The monoisotopic (exact) mass is 382 g/mol. The Morgan fingerprint density at radius 1 is 1.19 bits per heavy atom. The molecule has 9 heteroatoms. The van der Waals surface area contributed by atoms with Gasteiger partial charge in [0.2, 0.25) is 0 Å². The van der Waals surface area contributed by atoms with Crippen LogP contribution in [0.3, 0.4) is 0 Å². The zero-order valence-corrected chi connectivity index (χ0v) is 15.4. The zero-order valence-electron chi connectivity index (χ0n) is 15.4. The average molecular weight is 382 g/mol. The summed E-state index contributed by atoms with van der Waals surface area (Å²) < 4.78 is 22.8. The van der Waals surface area contributed by atoms with Crippen molar-refractivity contribution in [3.8, 4) is 0 Å². The Kier molecular flexibility index (Phi) is 8.91. The van der Waals surface area contributed by atoms with Crippen LogP contribution in [0.1, 0.15) is 30.6 Å². The number of carbonyl (C=O) groups excluding carboxylic acids is 4. The summed E-state index contributed by atoms with van der Waals surface area (Å²) in [4.78, 5) is 47.0. The number of carbonyl (C=O) groups is 4. The number of rotatable bonds is 9. The van der Waals surface area contributed by atoms with Crippen LogP contribution >= 0.6 is 0 Å². The number of hydrogen-bond donors (Lipinski definition) is 2. The third kappa shape index (κ3) is 7.04. The standard InChI is InChI=1S/C18H23FN2O6/c1-4-11(2)16(18(25)26-3)21-14(22)10-27-15(23)9-20-17(24)12-7-5-6-8-13(12)19/h5-8,11,16H,4,9-10H2,1-3H3,(H,20,24)(H,21,22)/t11-,16-/m1/s1. The topological polar surface area (TPSA) is 111 Å². The summed E-state index contributed by atoms with van der Waals surface area (Å²) in [7, 11) is 1.21. The molecule has 0 bridgehead atoms. The van der Waals surface area contributed by atoms with Crippen molar-refractivity contribution in [3.63, 3.8) is 0 Å². The SMILES string of the molecule is CC[C@@H](C)[C@@H](NC(=O)COC(=O)CNC(=O)c1ccccc1F)C(=O)OC. The molecule has 0 fully saturated rings. The van der Waals surface area contributed by atoms with Gasteiger partial charge >= 0.3 is 11.9 Å². The summed E-state index contributed by atoms with van der Waals surface area (Å²) >= 11 is 0. The van der Waals surface area contributed by atoms with Crippen molar-refractivity contribution in [2.75, 3.05) is 20.3 Å². The minimum atomic E-state index is -0.881. The molecule has 0 radical (unpaired) electrons. The number of methoxy groups -OCH3 is 1. The number of nitrogens with one attached hydrogen (secondary N) is 2. The normalized spacial score (nSPS) is 12.4. The van der Waals surface area contributed by atoms with Crippen LogP contribution in [-0.2, 0) is 23.9 Å². The highest BCUT2D eigenvalue weighted by Gasteiger charge is 2.27. The molecule has 0 aromatic heterocycles. The Morgan fingerprint density at radius 3 is 2.44 bits per heavy atom. The summed E-state index contributed by atoms with van der Waals surface area (Å²) in [6.45, 7) is 2.46. The van der Waals surface area contributed by atoms with Gasteiger partial charge < -0.3 is 20.1 Å². The molecule has 0 saturated carbocycles. The Hall–Kier alpha value is -2.97. The van der Waals surface area contributed by atoms with E-state index in [2.05, 4.69) is 15.4 Å². The molecule has 27 heavy (non-hydrogen) atoms. The summed E-state index contributed by atoms with van der Waals surface area (Å²) in [5.74, 6) is -3.83. The van der Waals surface area contributed by atoms with Crippen molar-refractivity contribution >= 4 is 23.8 Å². The Labute approximate surface area is 156 Å². The quantitative estimate of drug-likeness (QED) is 0.612. The average Bonchev–Trinajstić information content (AvgIpc) is 2.67. The van der Waals surface area contributed by atoms with Crippen molar-refractivity contribution < 1.29 is 33.0 Å². The van der Waals surface area contributed by atoms with E-state index in [0.717, 1.165) is 6.07 Å². The highest BCUT2D eigenvalue weighted by atomic mass is 19.1. The summed E-state index contributed by atoms with van der Waals surface area (Å²) in [5, 5.41) is 4.64. The van der Waals surface area contributed by atoms with Crippen LogP contribution in [0.4, 0.5) is 4.39 Å². The highest BCUT2D eigenvalue weighted by Crippen LogP contribution is 2.09. The Bertz CT molecular complexity index is 694. The molecule has 0 aliphatic heterocycles. The summed E-state index contributed by atoms with van der Waals surface area (Å²) in [6, 6.07) is 4.44. The fourth-order valence-electron chi connectivity index (χ4n) is 2.10. The maximum atomic E-state index is 13.5. The van der Waals surface area contributed by atoms with Gasteiger partial charge in [0, 0.05) is 0 Å². The first kappa shape index (κ1) is 22.1. The van der Waals surface area contributed by atoms with Gasteiger partial charge in [0.1, 0.15) is 18.4 Å². The van der Waals surface area contributed by atoms with E-state index in [0.29, 0.717) is 6.42 Å². The van der Waals surface area contributed by atoms with E-state index in [9.17, 15) is 23.6 Å². The van der Waals surface area contributed by atoms with E-state index >= 15 is 0 Å². The third-order valence-corrected chi connectivity index (χ3v) is 3.86. The maximum absolute atomic E-state index is 13.5. The van der Waals surface area contributed by atoms with Gasteiger partial charge in [0.25, 0.3) is 11.8 Å². The second kappa shape index (κ2) is 10.9. The first-order valence-electron chi connectivity index (χ1n) is 8.35. The molecule has 1 aromatic carbocycles. The third-order valence-electron chi connectivity index (χ3n) is 3.86. The second-order valence-electron chi connectivity index (χ2n) is 5.78. The van der Waals surface area contributed by atoms with Crippen LogP contribution in [0.5, 0.6) is 0 Å². The van der Waals surface area contributed by atoms with Crippen molar-refractivity contribution in [1.29, 1.82) is 0 Å². The molecule has 0 unspecified atom stereocenters. The lowest BCUT2D eigenvalue weighted by Gasteiger charge is -2.21. The van der Waals surface area contributed by atoms with Gasteiger partial charge in [-0.25, -0.2) is 9.18 Å². The largest absolute Gasteiger partial charge is 0.467 e. The van der Waals surface area contributed by atoms with Crippen molar-refractivity contribution in [3.05, 3.63) is 35.6 Å². The van der Waals surface area contributed by atoms with Gasteiger partial charge in [0.15, 0.2) is 6.61 Å². The van der Waals surface area contributed by atoms with Gasteiger partial charge in [-0.3, -0.25) is 14.4 Å². The number of hydrogen-bond acceptors (Lipinski definition) is 6. The van der Waals surface area contributed by atoms with Gasteiger partial charge in [0.05, 0.1) is 12.7 Å². The van der Waals surface area contributed by atoms with E-state index in [1.165, 1.54) is 25.3 Å². The molecule has 0 saturated heterocycles. The summed E-state index contributed by atoms with van der Waals surface area (Å²) in [6.07, 6.45) is 0.627. The second-order valence-corrected chi connectivity index (χ2v) is 5.78. The van der Waals surface area contributed by atoms with Crippen molar-refractivity contribution in [2.24, 2.45) is 5.92 Å². The molecule has 0 heterocycles. The van der Waals surface area contributed by atoms with E-state index in [-0.39, 0.29) is 11.5 Å². The lowest BCUT2D eigenvalue weighted by Crippen LogP contribution is -2.47. The molecular weight excluding hydrogens is 359 g/mol. The van der Waals surface area contributed by atoms with Crippen LogP contribution in [0.25, 0.3) is 0 Å². The molecule has 0 spiro atoms. The van der Waals surface area contributed by atoms with Gasteiger partial charge in [-0.2, -0.15) is 0 Å². The Morgan fingerprint density at radius 2 is 1.85 bits per heavy atom. The molecule has 1 aromatic rings. The number of ether oxygens (including phenoxy) is 2. The van der Waals surface area contributed by atoms with Gasteiger partial charge in [-0.1, -0.05) is 32.4 Å². The van der Waals surface area contributed by atoms with Crippen LogP contribution in [0.2, 0.25) is 0 Å². The zero-order chi connectivity index (χ0) is 20.4. The van der Waals surface area contributed by atoms with Crippen molar-refractivity contribution in [2.45, 2.75) is 26.3 Å². The first-order valence-corrected chi connectivity index (χ1v) is 8.35. The highest BCUT2D eigenvalue weighted by molar-refractivity contribution is 5.96. The van der Waals surface area contributed by atoms with Gasteiger partial charge in [-0.15, -0.1) is 0 Å². The van der Waals surface area contributed by atoms with Crippen LogP contribution in [0.15, 0.2) is 24.3 Å². The fourth-order valence-corrected chi connectivity index (χ4v) is 2.10. The number of esters is 2. The first-order chi connectivity index (χ1) is 12.8. The molecule has 1 rings (SSSR count). The predicted octanol–water partition coefficient (Wildman–Crippen LogP) is 0.803.